The Morgan fingerprint density at radius 1 is 1.20 bits per heavy atom. The molecule has 2 aromatic rings. The van der Waals surface area contributed by atoms with Crippen LogP contribution in [0.4, 0.5) is 10.1 Å². The Balaban J connectivity index is 2.26. The van der Waals surface area contributed by atoms with Gasteiger partial charge in [0.1, 0.15) is 5.82 Å². The zero-order valence-corrected chi connectivity index (χ0v) is 11.8. The maximum absolute atomic E-state index is 13.6. The molecular weight excluding hydrogens is 329 g/mol. The van der Waals surface area contributed by atoms with Crippen LogP contribution in [0, 0.1) is 15.9 Å². The van der Waals surface area contributed by atoms with Crippen LogP contribution in [0.15, 0.2) is 46.9 Å². The maximum atomic E-state index is 13.6. The number of benzene rings is 2. The topological polar surface area (TPSA) is 60.2 Å². The highest BCUT2D eigenvalue weighted by atomic mass is 79.9. The molecule has 0 spiro atoms. The Kier molecular flexibility index (Phi) is 4.24. The lowest BCUT2D eigenvalue weighted by molar-refractivity contribution is -0.384. The summed E-state index contributed by atoms with van der Waals surface area (Å²) in [6.07, 6.45) is -0.00856. The lowest BCUT2D eigenvalue weighted by atomic mass is 10.0. The number of rotatable bonds is 4. The Bertz CT molecular complexity index is 671. The van der Waals surface area contributed by atoms with Crippen molar-refractivity contribution >= 4 is 27.4 Å². The van der Waals surface area contributed by atoms with Crippen LogP contribution < -0.4 is 0 Å². The Labute approximate surface area is 122 Å². The molecule has 4 nitrogen and oxygen atoms in total. The van der Waals surface area contributed by atoms with Crippen LogP contribution in [0.2, 0.25) is 0 Å². The molecule has 0 fully saturated rings. The molecule has 0 amide bonds. The lowest BCUT2D eigenvalue weighted by Crippen LogP contribution is -2.07. The first-order valence-electron chi connectivity index (χ1n) is 5.69. The van der Waals surface area contributed by atoms with Crippen LogP contribution in [-0.2, 0) is 6.42 Å². The van der Waals surface area contributed by atoms with Crippen molar-refractivity contribution in [3.05, 3.63) is 74.0 Å². The van der Waals surface area contributed by atoms with Gasteiger partial charge in [-0.1, -0.05) is 28.1 Å². The number of carbonyl (C=O) groups is 1. The third kappa shape index (κ3) is 3.27. The number of hydrogen-bond acceptors (Lipinski definition) is 3. The fourth-order valence-corrected chi connectivity index (χ4v) is 1.99. The second kappa shape index (κ2) is 5.92. The van der Waals surface area contributed by atoms with Gasteiger partial charge in [0.05, 0.1) is 10.5 Å². The summed E-state index contributed by atoms with van der Waals surface area (Å²) in [5.74, 6) is -1.24. The standard InChI is InChI=1S/C14H9BrFNO3/c15-10-3-1-9(2-4-10)7-14(18)12-8-11(17(19)20)5-6-13(12)16/h1-6,8H,7H2. The Morgan fingerprint density at radius 2 is 1.85 bits per heavy atom. The molecule has 0 aromatic heterocycles. The molecule has 0 bridgehead atoms. The minimum absolute atomic E-state index is 0.00856. The van der Waals surface area contributed by atoms with E-state index < -0.39 is 16.5 Å². The number of Topliss-reactive ketones (excluding diaryl/α,β-unsaturated/α-hetero) is 1. The van der Waals surface area contributed by atoms with Gasteiger partial charge in [0.25, 0.3) is 5.69 Å². The van der Waals surface area contributed by atoms with Crippen LogP contribution in [0.5, 0.6) is 0 Å². The van der Waals surface area contributed by atoms with Crippen molar-refractivity contribution in [2.24, 2.45) is 0 Å². The van der Waals surface area contributed by atoms with Crippen LogP contribution in [0.1, 0.15) is 15.9 Å². The van der Waals surface area contributed by atoms with E-state index in [9.17, 15) is 19.3 Å². The van der Waals surface area contributed by atoms with Gasteiger partial charge in [-0.2, -0.15) is 0 Å². The number of nitrogens with zero attached hydrogens (tertiary/aromatic N) is 1. The second-order valence-corrected chi connectivity index (χ2v) is 5.06. The summed E-state index contributed by atoms with van der Waals surface area (Å²) in [7, 11) is 0. The maximum Gasteiger partial charge on any atom is 0.270 e. The molecule has 0 radical (unpaired) electrons. The molecule has 0 aliphatic heterocycles. The molecule has 102 valence electrons. The molecule has 6 heteroatoms. The highest BCUT2D eigenvalue weighted by Crippen LogP contribution is 2.19. The quantitative estimate of drug-likeness (QED) is 0.482. The zero-order chi connectivity index (χ0) is 14.7. The smallest absolute Gasteiger partial charge is 0.270 e. The predicted octanol–water partition coefficient (Wildman–Crippen LogP) is 3.92. The van der Waals surface area contributed by atoms with Gasteiger partial charge in [-0.25, -0.2) is 4.39 Å². The van der Waals surface area contributed by atoms with E-state index in [1.807, 2.05) is 0 Å². The summed E-state index contributed by atoms with van der Waals surface area (Å²) in [6.45, 7) is 0. The van der Waals surface area contributed by atoms with Crippen molar-refractivity contribution < 1.29 is 14.1 Å². The first-order chi connectivity index (χ1) is 9.47. The Morgan fingerprint density at radius 3 is 2.45 bits per heavy atom. The average Bonchev–Trinajstić information content (AvgIpc) is 2.41. The zero-order valence-electron chi connectivity index (χ0n) is 10.2. The summed E-state index contributed by atoms with van der Waals surface area (Å²) in [5, 5.41) is 10.6. The predicted molar refractivity (Wildman–Crippen MR) is 75.2 cm³/mol. The number of non-ortho nitro benzene ring substituents is 1. The van der Waals surface area contributed by atoms with Gasteiger partial charge < -0.3 is 0 Å². The number of ketones is 1. The second-order valence-electron chi connectivity index (χ2n) is 4.15. The van der Waals surface area contributed by atoms with E-state index >= 15 is 0 Å². The fourth-order valence-electron chi connectivity index (χ4n) is 1.72. The molecule has 0 heterocycles. The minimum atomic E-state index is -0.752. The van der Waals surface area contributed by atoms with Crippen molar-refractivity contribution in [1.82, 2.24) is 0 Å². The number of nitro groups is 1. The van der Waals surface area contributed by atoms with Crippen molar-refractivity contribution in [1.29, 1.82) is 0 Å². The number of nitro benzene ring substituents is 1. The average molecular weight is 338 g/mol. The van der Waals surface area contributed by atoms with E-state index in [0.717, 1.165) is 22.7 Å². The van der Waals surface area contributed by atoms with E-state index in [1.54, 1.807) is 24.3 Å². The van der Waals surface area contributed by atoms with E-state index in [-0.39, 0.29) is 17.7 Å². The molecule has 0 atom stereocenters. The summed E-state index contributed by atoms with van der Waals surface area (Å²) >= 11 is 3.27. The third-order valence-electron chi connectivity index (χ3n) is 2.74. The van der Waals surface area contributed by atoms with E-state index in [0.29, 0.717) is 5.56 Å². The van der Waals surface area contributed by atoms with Gasteiger partial charge in [-0.3, -0.25) is 14.9 Å². The van der Waals surface area contributed by atoms with Gasteiger partial charge in [-0.15, -0.1) is 0 Å². The lowest BCUT2D eigenvalue weighted by Gasteiger charge is -2.03. The highest BCUT2D eigenvalue weighted by Gasteiger charge is 2.17. The molecule has 0 N–H and O–H groups in total. The molecule has 2 aromatic carbocycles. The van der Waals surface area contributed by atoms with Crippen molar-refractivity contribution in [3.8, 4) is 0 Å². The van der Waals surface area contributed by atoms with Gasteiger partial charge in [-0.05, 0) is 23.8 Å². The van der Waals surface area contributed by atoms with Gasteiger partial charge in [0.2, 0.25) is 0 Å². The number of halogens is 2. The van der Waals surface area contributed by atoms with Crippen molar-refractivity contribution in [3.63, 3.8) is 0 Å². The first kappa shape index (κ1) is 14.3. The molecule has 20 heavy (non-hydrogen) atoms. The van der Waals surface area contributed by atoms with Crippen LogP contribution >= 0.6 is 15.9 Å². The van der Waals surface area contributed by atoms with E-state index in [4.69, 9.17) is 0 Å². The van der Waals surface area contributed by atoms with Crippen LogP contribution in [0.3, 0.4) is 0 Å². The normalized spacial score (nSPS) is 10.3. The monoisotopic (exact) mass is 337 g/mol. The molecule has 0 saturated heterocycles. The van der Waals surface area contributed by atoms with E-state index in [2.05, 4.69) is 15.9 Å². The van der Waals surface area contributed by atoms with Gasteiger partial charge in [0.15, 0.2) is 5.78 Å². The highest BCUT2D eigenvalue weighted by molar-refractivity contribution is 9.10. The molecule has 0 saturated carbocycles. The first-order valence-corrected chi connectivity index (χ1v) is 6.48. The SMILES string of the molecule is O=C(Cc1ccc(Br)cc1)c1cc([N+](=O)[O-])ccc1F. The van der Waals surface area contributed by atoms with Crippen LogP contribution in [0.25, 0.3) is 0 Å². The summed E-state index contributed by atoms with van der Waals surface area (Å²) in [6, 6.07) is 9.95. The van der Waals surface area contributed by atoms with Crippen molar-refractivity contribution in [2.45, 2.75) is 6.42 Å². The van der Waals surface area contributed by atoms with Gasteiger partial charge >= 0.3 is 0 Å². The molecule has 0 aliphatic rings. The van der Waals surface area contributed by atoms with Crippen LogP contribution in [-0.4, -0.2) is 10.7 Å². The number of carbonyl (C=O) groups excluding carboxylic acids is 1. The number of hydrogen-bond donors (Lipinski definition) is 0. The van der Waals surface area contributed by atoms with Crippen molar-refractivity contribution in [2.75, 3.05) is 0 Å². The summed E-state index contributed by atoms with van der Waals surface area (Å²) in [5.41, 5.74) is 0.150. The molecule has 0 unspecified atom stereocenters. The molecular formula is C14H9BrFNO3. The third-order valence-corrected chi connectivity index (χ3v) is 3.27. The minimum Gasteiger partial charge on any atom is -0.294 e. The molecule has 0 aliphatic carbocycles. The van der Waals surface area contributed by atoms with E-state index in [1.165, 1.54) is 0 Å². The fraction of sp³-hybridized carbons (Fsp3) is 0.0714. The largest absolute Gasteiger partial charge is 0.294 e. The summed E-state index contributed by atoms with van der Waals surface area (Å²) in [4.78, 5) is 22.0. The Hall–Kier alpha value is -2.08. The molecule has 2 rings (SSSR count). The summed E-state index contributed by atoms with van der Waals surface area (Å²) < 4.78 is 14.5. The van der Waals surface area contributed by atoms with Gasteiger partial charge in [0, 0.05) is 23.0 Å².